The van der Waals surface area contributed by atoms with Gasteiger partial charge in [-0.2, -0.15) is 0 Å². The van der Waals surface area contributed by atoms with E-state index in [0.717, 1.165) is 0 Å². The standard InChI is InChI=1S/C11H12BrFN2O2/c1-17-11(16)7-2-3-15(6-7)10-9(13)4-8(12)5-14-10/h4-5,7H,2-3,6H2,1H3. The van der Waals surface area contributed by atoms with Gasteiger partial charge >= 0.3 is 5.97 Å². The molecule has 1 aliphatic heterocycles. The van der Waals surface area contributed by atoms with E-state index in [1.807, 2.05) is 0 Å². The van der Waals surface area contributed by atoms with Gasteiger partial charge in [0, 0.05) is 23.8 Å². The van der Waals surface area contributed by atoms with Crippen molar-refractivity contribution < 1.29 is 13.9 Å². The predicted molar refractivity (Wildman–Crippen MR) is 64.2 cm³/mol. The Hall–Kier alpha value is -1.17. The molecule has 4 nitrogen and oxygen atoms in total. The van der Waals surface area contributed by atoms with Crippen LogP contribution in [0.4, 0.5) is 10.2 Å². The van der Waals surface area contributed by atoms with Crippen molar-refractivity contribution in [3.8, 4) is 0 Å². The molecule has 6 heteroatoms. The third kappa shape index (κ3) is 2.57. The van der Waals surface area contributed by atoms with Gasteiger partial charge in [-0.1, -0.05) is 0 Å². The lowest BCUT2D eigenvalue weighted by molar-refractivity contribution is -0.144. The maximum absolute atomic E-state index is 13.7. The Labute approximate surface area is 107 Å². The number of carbonyl (C=O) groups is 1. The lowest BCUT2D eigenvalue weighted by Crippen LogP contribution is -2.25. The average molecular weight is 303 g/mol. The van der Waals surface area contributed by atoms with Crippen molar-refractivity contribution in [2.45, 2.75) is 6.42 Å². The molecule has 0 N–H and O–H groups in total. The molecule has 0 bridgehead atoms. The Morgan fingerprint density at radius 2 is 2.47 bits per heavy atom. The van der Waals surface area contributed by atoms with Crippen molar-refractivity contribution in [2.75, 3.05) is 25.1 Å². The van der Waals surface area contributed by atoms with Crippen molar-refractivity contribution in [3.05, 3.63) is 22.6 Å². The molecule has 0 aromatic carbocycles. The van der Waals surface area contributed by atoms with Crippen LogP contribution in [0.5, 0.6) is 0 Å². The van der Waals surface area contributed by atoms with Crippen LogP contribution in [0.25, 0.3) is 0 Å². The Morgan fingerprint density at radius 1 is 1.71 bits per heavy atom. The van der Waals surface area contributed by atoms with Gasteiger partial charge in [0.25, 0.3) is 0 Å². The zero-order valence-electron chi connectivity index (χ0n) is 9.32. The monoisotopic (exact) mass is 302 g/mol. The third-order valence-electron chi connectivity index (χ3n) is 2.81. The van der Waals surface area contributed by atoms with E-state index in [1.165, 1.54) is 13.2 Å². The number of aromatic nitrogens is 1. The van der Waals surface area contributed by atoms with Gasteiger partial charge in [-0.3, -0.25) is 4.79 Å². The number of ether oxygens (including phenoxy) is 1. The summed E-state index contributed by atoms with van der Waals surface area (Å²) in [6, 6.07) is 1.37. The molecule has 1 aliphatic rings. The molecule has 17 heavy (non-hydrogen) atoms. The summed E-state index contributed by atoms with van der Waals surface area (Å²) in [6.07, 6.45) is 2.22. The highest BCUT2D eigenvalue weighted by Gasteiger charge is 2.30. The molecule has 0 radical (unpaired) electrons. The van der Waals surface area contributed by atoms with Crippen LogP contribution in [-0.4, -0.2) is 31.2 Å². The topological polar surface area (TPSA) is 42.4 Å². The van der Waals surface area contributed by atoms with Gasteiger partial charge in [-0.05, 0) is 28.4 Å². The summed E-state index contributed by atoms with van der Waals surface area (Å²) in [5.41, 5.74) is 0. The Balaban J connectivity index is 2.12. The summed E-state index contributed by atoms with van der Waals surface area (Å²) in [7, 11) is 1.36. The summed E-state index contributed by atoms with van der Waals surface area (Å²) in [5, 5.41) is 0. The molecule has 1 aromatic rings. The number of carbonyl (C=O) groups excluding carboxylic acids is 1. The van der Waals surface area contributed by atoms with E-state index in [0.29, 0.717) is 29.8 Å². The minimum Gasteiger partial charge on any atom is -0.469 e. The molecule has 1 unspecified atom stereocenters. The largest absolute Gasteiger partial charge is 0.469 e. The van der Waals surface area contributed by atoms with E-state index in [9.17, 15) is 9.18 Å². The molecule has 2 heterocycles. The number of esters is 1. The number of rotatable bonds is 2. The van der Waals surface area contributed by atoms with Crippen LogP contribution < -0.4 is 4.90 Å². The van der Waals surface area contributed by atoms with Gasteiger partial charge < -0.3 is 9.64 Å². The summed E-state index contributed by atoms with van der Waals surface area (Å²) >= 11 is 3.16. The van der Waals surface area contributed by atoms with E-state index < -0.39 is 0 Å². The van der Waals surface area contributed by atoms with Crippen molar-refractivity contribution in [2.24, 2.45) is 5.92 Å². The highest BCUT2D eigenvalue weighted by molar-refractivity contribution is 9.10. The Bertz CT molecular complexity index is 441. The van der Waals surface area contributed by atoms with Crippen LogP contribution in [0.1, 0.15) is 6.42 Å². The Kier molecular flexibility index (Phi) is 3.61. The number of nitrogens with zero attached hydrogens (tertiary/aromatic N) is 2. The summed E-state index contributed by atoms with van der Waals surface area (Å²) in [4.78, 5) is 17.2. The summed E-state index contributed by atoms with van der Waals surface area (Å²) in [5.74, 6) is -0.528. The molecule has 1 saturated heterocycles. The molecule has 0 spiro atoms. The van der Waals surface area contributed by atoms with Crippen LogP contribution in [0, 0.1) is 11.7 Å². The second-order valence-electron chi connectivity index (χ2n) is 3.91. The van der Waals surface area contributed by atoms with Crippen molar-refractivity contribution in [1.29, 1.82) is 0 Å². The van der Waals surface area contributed by atoms with E-state index in [-0.39, 0.29) is 17.7 Å². The molecule has 2 rings (SSSR count). The first kappa shape index (κ1) is 12.3. The van der Waals surface area contributed by atoms with Crippen molar-refractivity contribution in [3.63, 3.8) is 0 Å². The number of halogens is 2. The maximum Gasteiger partial charge on any atom is 0.310 e. The van der Waals surface area contributed by atoms with E-state index in [4.69, 9.17) is 0 Å². The molecular weight excluding hydrogens is 291 g/mol. The van der Waals surface area contributed by atoms with Gasteiger partial charge in [0.1, 0.15) is 0 Å². The van der Waals surface area contributed by atoms with Gasteiger partial charge in [-0.25, -0.2) is 9.37 Å². The zero-order valence-corrected chi connectivity index (χ0v) is 10.9. The fourth-order valence-corrected chi connectivity index (χ4v) is 2.26. The number of hydrogen-bond donors (Lipinski definition) is 0. The minimum atomic E-state index is -0.384. The van der Waals surface area contributed by atoms with Crippen LogP contribution in [0.2, 0.25) is 0 Å². The van der Waals surface area contributed by atoms with Gasteiger partial charge in [0.2, 0.25) is 0 Å². The molecule has 0 aliphatic carbocycles. The van der Waals surface area contributed by atoms with Crippen LogP contribution in [-0.2, 0) is 9.53 Å². The van der Waals surface area contributed by atoms with E-state index in [1.54, 1.807) is 11.1 Å². The van der Waals surface area contributed by atoms with Crippen molar-refractivity contribution >= 4 is 27.7 Å². The SMILES string of the molecule is COC(=O)C1CCN(c2ncc(Br)cc2F)C1. The van der Waals surface area contributed by atoms with Gasteiger partial charge in [-0.15, -0.1) is 0 Å². The lowest BCUT2D eigenvalue weighted by atomic mass is 10.1. The lowest BCUT2D eigenvalue weighted by Gasteiger charge is -2.17. The second-order valence-corrected chi connectivity index (χ2v) is 4.83. The van der Waals surface area contributed by atoms with E-state index in [2.05, 4.69) is 25.7 Å². The Morgan fingerprint density at radius 3 is 3.12 bits per heavy atom. The second kappa shape index (κ2) is 5.00. The van der Waals surface area contributed by atoms with Crippen LogP contribution >= 0.6 is 15.9 Å². The fraction of sp³-hybridized carbons (Fsp3) is 0.455. The van der Waals surface area contributed by atoms with Crippen LogP contribution in [0.3, 0.4) is 0 Å². The molecule has 1 fully saturated rings. The molecule has 0 saturated carbocycles. The first-order chi connectivity index (χ1) is 8.11. The highest BCUT2D eigenvalue weighted by atomic mass is 79.9. The third-order valence-corrected chi connectivity index (χ3v) is 3.24. The fourth-order valence-electron chi connectivity index (χ4n) is 1.95. The van der Waals surface area contributed by atoms with Crippen molar-refractivity contribution in [1.82, 2.24) is 4.98 Å². The minimum absolute atomic E-state index is 0.190. The zero-order chi connectivity index (χ0) is 12.4. The maximum atomic E-state index is 13.7. The summed E-state index contributed by atoms with van der Waals surface area (Å²) in [6.45, 7) is 1.07. The quantitative estimate of drug-likeness (QED) is 0.784. The predicted octanol–water partition coefficient (Wildman–Crippen LogP) is 1.98. The number of methoxy groups -OCH3 is 1. The number of pyridine rings is 1. The van der Waals surface area contributed by atoms with Gasteiger partial charge in [0.15, 0.2) is 11.6 Å². The normalized spacial score (nSPS) is 19.5. The first-order valence-corrected chi connectivity index (χ1v) is 6.05. The van der Waals surface area contributed by atoms with Crippen LogP contribution in [0.15, 0.2) is 16.7 Å². The number of anilines is 1. The molecule has 1 atom stereocenters. The molecule has 1 aromatic heterocycles. The highest BCUT2D eigenvalue weighted by Crippen LogP contribution is 2.26. The first-order valence-electron chi connectivity index (χ1n) is 5.25. The molecule has 0 amide bonds. The summed E-state index contributed by atoms with van der Waals surface area (Å²) < 4.78 is 18.9. The van der Waals surface area contributed by atoms with Gasteiger partial charge in [0.05, 0.1) is 13.0 Å². The molecule has 92 valence electrons. The average Bonchev–Trinajstić information content (AvgIpc) is 2.77. The smallest absolute Gasteiger partial charge is 0.310 e. The van der Waals surface area contributed by atoms with E-state index >= 15 is 0 Å². The number of hydrogen-bond acceptors (Lipinski definition) is 4. The molecular formula is C11H12BrFN2O2.